The number of hydrazone groups is 1. The fraction of sp³-hybridized carbons (Fsp3) is 0. The number of nitrogens with one attached hydrogen (secondary N) is 2. The minimum atomic E-state index is 0.310. The Labute approximate surface area is 99.1 Å². The molecule has 2 heterocycles. The fourth-order valence-corrected chi connectivity index (χ4v) is 1.86. The predicted octanol–water partition coefficient (Wildman–Crippen LogP) is 0.650. The minimum absolute atomic E-state index is 0.310. The van der Waals surface area contributed by atoms with Crippen molar-refractivity contribution in [1.29, 1.82) is 0 Å². The molecule has 3 aromatic rings. The number of nitrogens with zero attached hydrogens (tertiary/aromatic N) is 6. The van der Waals surface area contributed by atoms with Gasteiger partial charge in [-0.05, 0) is 11.3 Å². The normalized spacial score (nSPS) is 11.3. The number of anilines is 1. The second-order valence-electron chi connectivity index (χ2n) is 3.08. The molecule has 84 valence electrons. The van der Waals surface area contributed by atoms with Crippen molar-refractivity contribution in [2.45, 2.75) is 0 Å². The van der Waals surface area contributed by atoms with Gasteiger partial charge in [0.15, 0.2) is 0 Å². The number of aromatic amines is 1. The highest BCUT2D eigenvalue weighted by Gasteiger charge is 2.02. The van der Waals surface area contributed by atoms with Crippen molar-refractivity contribution >= 4 is 34.9 Å². The minimum Gasteiger partial charge on any atom is -0.243 e. The van der Waals surface area contributed by atoms with Gasteiger partial charge in [-0.2, -0.15) is 19.1 Å². The molecule has 3 rings (SSSR count). The third kappa shape index (κ3) is 1.95. The summed E-state index contributed by atoms with van der Waals surface area (Å²) in [5.41, 5.74) is 5.21. The number of hydrogen-bond acceptors (Lipinski definition) is 8. The van der Waals surface area contributed by atoms with Crippen LogP contribution < -0.4 is 5.43 Å². The van der Waals surface area contributed by atoms with E-state index in [0.717, 1.165) is 16.6 Å². The van der Waals surface area contributed by atoms with E-state index in [-0.39, 0.29) is 0 Å². The lowest BCUT2D eigenvalue weighted by Crippen LogP contribution is -1.93. The van der Waals surface area contributed by atoms with Crippen molar-refractivity contribution < 1.29 is 0 Å². The van der Waals surface area contributed by atoms with Crippen LogP contribution in [-0.4, -0.2) is 35.6 Å². The maximum absolute atomic E-state index is 4.20. The van der Waals surface area contributed by atoms with Crippen LogP contribution in [0.1, 0.15) is 5.56 Å². The monoisotopic (exact) mass is 246 g/mol. The molecule has 0 spiro atoms. The van der Waals surface area contributed by atoms with Crippen molar-refractivity contribution in [3.05, 3.63) is 23.8 Å². The number of rotatable bonds is 3. The summed E-state index contributed by atoms with van der Waals surface area (Å²) in [6.07, 6.45) is 1.64. The molecule has 0 atom stereocenters. The lowest BCUT2D eigenvalue weighted by molar-refractivity contribution is 0.881. The van der Waals surface area contributed by atoms with E-state index in [1.54, 1.807) is 6.21 Å². The Bertz CT molecular complexity index is 642. The summed E-state index contributed by atoms with van der Waals surface area (Å²) < 4.78 is 8.34. The van der Waals surface area contributed by atoms with E-state index in [4.69, 9.17) is 0 Å². The molecule has 0 aliphatic rings. The number of aromatic nitrogens is 6. The van der Waals surface area contributed by atoms with E-state index in [2.05, 4.69) is 39.9 Å². The molecule has 1 aromatic carbocycles. The van der Waals surface area contributed by atoms with Crippen molar-refractivity contribution in [3.8, 4) is 0 Å². The van der Waals surface area contributed by atoms with Gasteiger partial charge in [0.25, 0.3) is 5.95 Å². The molecule has 9 heteroatoms. The van der Waals surface area contributed by atoms with Gasteiger partial charge < -0.3 is 0 Å². The fourth-order valence-electron chi connectivity index (χ4n) is 1.30. The van der Waals surface area contributed by atoms with Gasteiger partial charge in [-0.15, -0.1) is 5.10 Å². The second-order valence-corrected chi connectivity index (χ2v) is 3.61. The lowest BCUT2D eigenvalue weighted by atomic mass is 10.2. The molecule has 8 nitrogen and oxygen atoms in total. The smallest absolute Gasteiger partial charge is 0.243 e. The van der Waals surface area contributed by atoms with Crippen LogP contribution in [0.3, 0.4) is 0 Å². The van der Waals surface area contributed by atoms with Gasteiger partial charge in [0, 0.05) is 5.56 Å². The summed E-state index contributed by atoms with van der Waals surface area (Å²) in [6, 6.07) is 5.72. The standard InChI is InChI=1S/C8H6N8S/c1-2-5(7-6(3-1)13-17-14-7)4-9-10-8-11-15-16-12-8/h1-4H,(H2,10,11,12,15,16). The Morgan fingerprint density at radius 3 is 3.24 bits per heavy atom. The number of H-pyrrole nitrogens is 1. The van der Waals surface area contributed by atoms with Crippen LogP contribution in [0, 0.1) is 0 Å². The summed E-state index contributed by atoms with van der Waals surface area (Å²) >= 11 is 1.18. The highest BCUT2D eigenvalue weighted by atomic mass is 32.1. The third-order valence-corrected chi connectivity index (χ3v) is 2.57. The summed E-state index contributed by atoms with van der Waals surface area (Å²) in [5.74, 6) is 0.310. The topological polar surface area (TPSA) is 105 Å². The second kappa shape index (κ2) is 4.22. The molecular weight excluding hydrogens is 240 g/mol. The molecule has 2 N–H and O–H groups in total. The largest absolute Gasteiger partial charge is 0.283 e. The molecule has 0 saturated heterocycles. The molecule has 17 heavy (non-hydrogen) atoms. The number of fused-ring (bicyclic) bond motifs is 1. The molecule has 0 aliphatic heterocycles. The SMILES string of the molecule is C(=NNc1nn[nH]n1)c1cccc2nsnc12. The first-order chi connectivity index (χ1) is 8.43. The highest BCUT2D eigenvalue weighted by molar-refractivity contribution is 7.00. The van der Waals surface area contributed by atoms with E-state index in [1.165, 1.54) is 11.7 Å². The van der Waals surface area contributed by atoms with Crippen molar-refractivity contribution in [2.75, 3.05) is 5.43 Å². The molecule has 0 bridgehead atoms. The van der Waals surface area contributed by atoms with E-state index < -0.39 is 0 Å². The Morgan fingerprint density at radius 2 is 2.35 bits per heavy atom. The zero-order valence-corrected chi connectivity index (χ0v) is 9.22. The summed E-state index contributed by atoms with van der Waals surface area (Å²) in [4.78, 5) is 0. The van der Waals surface area contributed by atoms with Gasteiger partial charge >= 0.3 is 0 Å². The molecule has 0 radical (unpaired) electrons. The van der Waals surface area contributed by atoms with E-state index in [0.29, 0.717) is 5.95 Å². The molecule has 0 amide bonds. The Balaban J connectivity index is 1.85. The summed E-state index contributed by atoms with van der Waals surface area (Å²) in [6.45, 7) is 0. The van der Waals surface area contributed by atoms with Gasteiger partial charge in [0.05, 0.1) is 17.9 Å². The van der Waals surface area contributed by atoms with E-state index in [9.17, 15) is 0 Å². The molecule has 0 unspecified atom stereocenters. The summed E-state index contributed by atoms with van der Waals surface area (Å²) in [5, 5.41) is 17.1. The van der Waals surface area contributed by atoms with Crippen LogP contribution in [-0.2, 0) is 0 Å². The number of hydrogen-bond donors (Lipinski definition) is 2. The average molecular weight is 246 g/mol. The molecule has 0 saturated carbocycles. The Hall–Kier alpha value is -2.42. The Kier molecular flexibility index (Phi) is 2.43. The van der Waals surface area contributed by atoms with Crippen LogP contribution in [0.4, 0.5) is 5.95 Å². The van der Waals surface area contributed by atoms with Crippen molar-refractivity contribution in [3.63, 3.8) is 0 Å². The number of benzene rings is 1. The maximum Gasteiger partial charge on any atom is 0.283 e. The van der Waals surface area contributed by atoms with Gasteiger partial charge in [0.2, 0.25) is 0 Å². The van der Waals surface area contributed by atoms with Gasteiger partial charge in [0.1, 0.15) is 11.0 Å². The first-order valence-corrected chi connectivity index (χ1v) is 5.40. The first-order valence-electron chi connectivity index (χ1n) is 4.67. The zero-order chi connectivity index (χ0) is 11.5. The molecule has 0 fully saturated rings. The van der Waals surface area contributed by atoms with Gasteiger partial charge in [-0.3, -0.25) is 0 Å². The van der Waals surface area contributed by atoms with Crippen LogP contribution in [0.2, 0.25) is 0 Å². The maximum atomic E-state index is 4.20. The predicted molar refractivity (Wildman–Crippen MR) is 62.8 cm³/mol. The van der Waals surface area contributed by atoms with Crippen molar-refractivity contribution in [2.24, 2.45) is 5.10 Å². The van der Waals surface area contributed by atoms with Gasteiger partial charge in [-0.1, -0.05) is 17.2 Å². The quantitative estimate of drug-likeness (QED) is 0.519. The third-order valence-electron chi connectivity index (χ3n) is 2.03. The van der Waals surface area contributed by atoms with Crippen LogP contribution in [0.25, 0.3) is 11.0 Å². The summed E-state index contributed by atoms with van der Waals surface area (Å²) in [7, 11) is 0. The van der Waals surface area contributed by atoms with Crippen molar-refractivity contribution in [1.82, 2.24) is 29.4 Å². The highest BCUT2D eigenvalue weighted by Crippen LogP contribution is 2.14. The van der Waals surface area contributed by atoms with Gasteiger partial charge in [-0.25, -0.2) is 5.43 Å². The van der Waals surface area contributed by atoms with E-state index in [1.807, 2.05) is 18.2 Å². The lowest BCUT2D eigenvalue weighted by Gasteiger charge is -1.93. The van der Waals surface area contributed by atoms with Crippen LogP contribution in [0.5, 0.6) is 0 Å². The Morgan fingerprint density at radius 1 is 1.35 bits per heavy atom. The molecule has 0 aliphatic carbocycles. The van der Waals surface area contributed by atoms with Crippen LogP contribution in [0.15, 0.2) is 23.3 Å². The molecular formula is C8H6N8S. The van der Waals surface area contributed by atoms with E-state index >= 15 is 0 Å². The first kappa shape index (κ1) is 9.78. The average Bonchev–Trinajstić information content (AvgIpc) is 2.99. The van der Waals surface area contributed by atoms with Crippen LogP contribution >= 0.6 is 11.7 Å². The molecule has 2 aromatic heterocycles. The number of tetrazole rings is 1. The zero-order valence-electron chi connectivity index (χ0n) is 8.40.